The Balaban J connectivity index is 2.04. The van der Waals surface area contributed by atoms with Crippen molar-refractivity contribution in [3.63, 3.8) is 0 Å². The van der Waals surface area contributed by atoms with E-state index in [-0.39, 0.29) is 22.5 Å². The number of sulfonamides is 1. The van der Waals surface area contributed by atoms with Gasteiger partial charge in [0.15, 0.2) is 0 Å². The van der Waals surface area contributed by atoms with E-state index in [2.05, 4.69) is 17.6 Å². The summed E-state index contributed by atoms with van der Waals surface area (Å²) in [6.45, 7) is 4.00. The van der Waals surface area contributed by atoms with Crippen molar-refractivity contribution < 1.29 is 13.2 Å². The van der Waals surface area contributed by atoms with Crippen LogP contribution >= 0.6 is 0 Å². The molecule has 0 aliphatic heterocycles. The lowest BCUT2D eigenvalue weighted by Gasteiger charge is -2.38. The van der Waals surface area contributed by atoms with Crippen LogP contribution in [-0.2, 0) is 14.8 Å². The molecule has 1 fully saturated rings. The van der Waals surface area contributed by atoms with Crippen molar-refractivity contribution in [2.24, 2.45) is 17.3 Å². The summed E-state index contributed by atoms with van der Waals surface area (Å²) in [5.74, 6) is 2.85. The highest BCUT2D eigenvalue weighted by Crippen LogP contribution is 2.50. The van der Waals surface area contributed by atoms with Crippen LogP contribution in [0.25, 0.3) is 0 Å². The number of allylic oxidation sites excluding steroid dienone is 2. The molecule has 0 spiro atoms. The monoisotopic (exact) mass is 385 g/mol. The van der Waals surface area contributed by atoms with Crippen molar-refractivity contribution in [1.29, 1.82) is 0 Å². The highest BCUT2D eigenvalue weighted by Gasteiger charge is 2.48. The Bertz CT molecular complexity index is 892. The Labute approximate surface area is 162 Å². The standard InChI is InChI=1S/C22H27NO3S/c1-4-6-13-22(5-2)18-10-9-17(20(24)15-18)14-21(22)23-27(25,26)19-11-7-16(3)8-12-19/h2,7-8,11-12,14,17-18,23H,4,6,9-10,13,15H2,1,3H3/t17-,18-,22+/m1/s1. The van der Waals surface area contributed by atoms with Gasteiger partial charge in [-0.3, -0.25) is 9.52 Å². The number of hydrogen-bond acceptors (Lipinski definition) is 3. The van der Waals surface area contributed by atoms with Gasteiger partial charge in [-0.25, -0.2) is 8.42 Å². The van der Waals surface area contributed by atoms with Gasteiger partial charge in [0.25, 0.3) is 10.0 Å². The predicted molar refractivity (Wildman–Crippen MR) is 106 cm³/mol. The van der Waals surface area contributed by atoms with Crippen molar-refractivity contribution in [3.8, 4) is 12.3 Å². The summed E-state index contributed by atoms with van der Waals surface area (Å²) in [5, 5.41) is 0. The zero-order valence-corrected chi connectivity index (χ0v) is 16.8. The number of carbonyl (C=O) groups excluding carboxylic acids is 1. The molecule has 144 valence electrons. The zero-order valence-electron chi connectivity index (χ0n) is 16.0. The maximum absolute atomic E-state index is 13.0. The number of carbonyl (C=O) groups is 1. The van der Waals surface area contributed by atoms with Crippen LogP contribution in [0.2, 0.25) is 0 Å². The Morgan fingerprint density at radius 2 is 1.96 bits per heavy atom. The van der Waals surface area contributed by atoms with Gasteiger partial charge in [-0.15, -0.1) is 6.42 Å². The van der Waals surface area contributed by atoms with Crippen LogP contribution in [0.4, 0.5) is 0 Å². The number of Topliss-reactive ketones (excluding diaryl/α,β-unsaturated/α-hetero) is 1. The second-order valence-electron chi connectivity index (χ2n) is 7.77. The number of rotatable bonds is 6. The molecule has 0 aromatic heterocycles. The van der Waals surface area contributed by atoms with Gasteiger partial charge in [0.1, 0.15) is 5.78 Å². The number of terminal acetylenes is 1. The van der Waals surface area contributed by atoms with Crippen LogP contribution in [0, 0.1) is 36.5 Å². The van der Waals surface area contributed by atoms with E-state index in [0.29, 0.717) is 18.5 Å². The highest BCUT2D eigenvalue weighted by atomic mass is 32.2. The van der Waals surface area contributed by atoms with Crippen molar-refractivity contribution in [2.45, 2.75) is 57.3 Å². The smallest absolute Gasteiger partial charge is 0.261 e. The number of aryl methyl sites for hydroxylation is 1. The molecule has 0 unspecified atom stereocenters. The molecule has 3 aliphatic carbocycles. The summed E-state index contributed by atoms with van der Waals surface area (Å²) < 4.78 is 28.8. The lowest BCUT2D eigenvalue weighted by atomic mass is 9.66. The molecule has 0 radical (unpaired) electrons. The molecular weight excluding hydrogens is 358 g/mol. The molecule has 1 aromatic carbocycles. The Morgan fingerprint density at radius 3 is 2.56 bits per heavy atom. The molecule has 2 bridgehead atoms. The van der Waals surface area contributed by atoms with Gasteiger partial charge in [-0.05, 0) is 44.2 Å². The first-order chi connectivity index (χ1) is 12.8. The molecule has 27 heavy (non-hydrogen) atoms. The van der Waals surface area contributed by atoms with E-state index >= 15 is 0 Å². The number of fused-ring (bicyclic) bond motifs is 3. The molecule has 3 atom stereocenters. The van der Waals surface area contributed by atoms with Crippen LogP contribution < -0.4 is 4.72 Å². The Kier molecular flexibility index (Phi) is 5.48. The van der Waals surface area contributed by atoms with E-state index in [1.165, 1.54) is 0 Å². The highest BCUT2D eigenvalue weighted by molar-refractivity contribution is 7.89. The van der Waals surface area contributed by atoms with Crippen LogP contribution in [-0.4, -0.2) is 14.2 Å². The van der Waals surface area contributed by atoms with Crippen molar-refractivity contribution in [1.82, 2.24) is 4.72 Å². The van der Waals surface area contributed by atoms with Gasteiger partial charge >= 0.3 is 0 Å². The minimum Gasteiger partial charge on any atom is -0.299 e. The Hall–Kier alpha value is -2.06. The van der Waals surface area contributed by atoms with E-state index in [9.17, 15) is 13.2 Å². The summed E-state index contributed by atoms with van der Waals surface area (Å²) in [6.07, 6.45) is 12.4. The fourth-order valence-corrected chi connectivity index (χ4v) is 5.47. The van der Waals surface area contributed by atoms with E-state index < -0.39 is 15.4 Å². The third-order valence-corrected chi connectivity index (χ3v) is 7.37. The van der Waals surface area contributed by atoms with E-state index in [4.69, 9.17) is 6.42 Å². The first kappa shape index (κ1) is 19.7. The number of nitrogens with one attached hydrogen (secondary N) is 1. The minimum atomic E-state index is -3.76. The first-order valence-corrected chi connectivity index (χ1v) is 11.1. The Morgan fingerprint density at radius 1 is 1.26 bits per heavy atom. The maximum Gasteiger partial charge on any atom is 0.261 e. The summed E-state index contributed by atoms with van der Waals surface area (Å²) in [7, 11) is -3.76. The van der Waals surface area contributed by atoms with Crippen molar-refractivity contribution in [2.75, 3.05) is 0 Å². The summed E-state index contributed by atoms with van der Waals surface area (Å²) in [4.78, 5) is 12.7. The largest absolute Gasteiger partial charge is 0.299 e. The molecule has 0 heterocycles. The molecule has 0 amide bonds. The van der Waals surface area contributed by atoms with E-state index in [1.807, 2.05) is 6.92 Å². The molecule has 4 nitrogen and oxygen atoms in total. The third-order valence-electron chi connectivity index (χ3n) is 5.99. The number of unbranched alkanes of at least 4 members (excludes halogenated alkanes) is 1. The van der Waals surface area contributed by atoms with Crippen LogP contribution in [0.15, 0.2) is 40.9 Å². The zero-order chi connectivity index (χ0) is 19.7. The van der Waals surface area contributed by atoms with Gasteiger partial charge in [-0.1, -0.05) is 49.5 Å². The molecule has 4 rings (SSSR count). The fraction of sp³-hybridized carbons (Fsp3) is 0.500. The second kappa shape index (κ2) is 7.52. The van der Waals surface area contributed by atoms with Crippen molar-refractivity contribution in [3.05, 3.63) is 41.6 Å². The fourth-order valence-electron chi connectivity index (χ4n) is 4.31. The normalized spacial score (nSPS) is 27.6. The molecule has 1 saturated carbocycles. The summed E-state index contributed by atoms with van der Waals surface area (Å²) in [6, 6.07) is 6.74. The van der Waals surface area contributed by atoms with Crippen molar-refractivity contribution >= 4 is 15.8 Å². The van der Waals surface area contributed by atoms with Gasteiger partial charge in [0.05, 0.1) is 10.3 Å². The van der Waals surface area contributed by atoms with Gasteiger partial charge in [0, 0.05) is 18.0 Å². The molecule has 1 aromatic rings. The average molecular weight is 386 g/mol. The SMILES string of the molecule is C#C[C@@]1(CCCC)C(NS(=O)(=O)c2ccc(C)cc2)=C[C@H]2CC[C@@H]1CC2=O. The summed E-state index contributed by atoms with van der Waals surface area (Å²) in [5.41, 5.74) is 0.791. The molecule has 5 heteroatoms. The third kappa shape index (κ3) is 3.68. The number of hydrogen-bond donors (Lipinski definition) is 1. The van der Waals surface area contributed by atoms with E-state index in [1.54, 1.807) is 30.3 Å². The predicted octanol–water partition coefficient (Wildman–Crippen LogP) is 3.97. The molecule has 0 saturated heterocycles. The van der Waals surface area contributed by atoms with Gasteiger partial charge < -0.3 is 0 Å². The quantitative estimate of drug-likeness (QED) is 0.754. The van der Waals surface area contributed by atoms with E-state index in [0.717, 1.165) is 31.2 Å². The molecule has 1 N–H and O–H groups in total. The first-order valence-electron chi connectivity index (χ1n) is 9.64. The number of ketones is 1. The maximum atomic E-state index is 13.0. The second-order valence-corrected chi connectivity index (χ2v) is 9.45. The number of benzene rings is 1. The van der Waals surface area contributed by atoms with Crippen LogP contribution in [0.1, 0.15) is 51.0 Å². The van der Waals surface area contributed by atoms with Gasteiger partial charge in [-0.2, -0.15) is 0 Å². The van der Waals surface area contributed by atoms with Crippen LogP contribution in [0.3, 0.4) is 0 Å². The van der Waals surface area contributed by atoms with Gasteiger partial charge in [0.2, 0.25) is 0 Å². The van der Waals surface area contributed by atoms with Crippen LogP contribution in [0.5, 0.6) is 0 Å². The molecule has 3 aliphatic rings. The summed E-state index contributed by atoms with van der Waals surface area (Å²) >= 11 is 0. The lowest BCUT2D eigenvalue weighted by Crippen LogP contribution is -2.39. The topological polar surface area (TPSA) is 63.2 Å². The average Bonchev–Trinajstić information content (AvgIpc) is 2.84. The minimum absolute atomic E-state index is 0.00716. The lowest BCUT2D eigenvalue weighted by molar-refractivity contribution is -0.124. The molecular formula is C22H27NO3S.